The van der Waals surface area contributed by atoms with Crippen LogP contribution >= 0.6 is 0 Å². The van der Waals surface area contributed by atoms with Crippen LogP contribution in [0.1, 0.15) is 25.7 Å². The average Bonchev–Trinajstić information content (AvgIpc) is 2.39. The smallest absolute Gasteiger partial charge is 0.267 e. The van der Waals surface area contributed by atoms with E-state index in [4.69, 9.17) is 4.74 Å². The Morgan fingerprint density at radius 2 is 2.06 bits per heavy atom. The fraction of sp³-hybridized carbons (Fsp3) is 0.900. The zero-order chi connectivity index (χ0) is 11.4. The molecule has 1 saturated carbocycles. The predicted octanol–water partition coefficient (Wildman–Crippen LogP) is 0.873. The van der Waals surface area contributed by atoms with E-state index in [0.29, 0.717) is 18.1 Å². The van der Waals surface area contributed by atoms with E-state index in [1.165, 1.54) is 0 Å². The Hall–Kier alpha value is -1.17. The van der Waals surface area contributed by atoms with Gasteiger partial charge in [-0.05, 0) is 18.1 Å². The first-order chi connectivity index (χ1) is 7.83. The lowest BCUT2D eigenvalue weighted by Crippen LogP contribution is -2.43. The summed E-state index contributed by atoms with van der Waals surface area (Å²) >= 11 is 0. The molecule has 1 unspecified atom stereocenters. The third kappa shape index (κ3) is 2.32. The summed E-state index contributed by atoms with van der Waals surface area (Å²) in [5.41, 5.74) is 1.07. The van der Waals surface area contributed by atoms with Crippen molar-refractivity contribution in [3.63, 3.8) is 0 Å². The van der Waals surface area contributed by atoms with Crippen molar-refractivity contribution in [1.29, 1.82) is 0 Å². The van der Waals surface area contributed by atoms with Gasteiger partial charge in [0.1, 0.15) is 13.2 Å². The lowest BCUT2D eigenvalue weighted by Gasteiger charge is -2.22. The van der Waals surface area contributed by atoms with Gasteiger partial charge in [-0.3, -0.25) is 0 Å². The topological polar surface area (TPSA) is 73.7 Å². The molecule has 0 amide bonds. The number of hydroxylamine groups is 1. The number of hydrogen-bond donors (Lipinski definition) is 0. The fourth-order valence-electron chi connectivity index (χ4n) is 2.49. The quantitative estimate of drug-likeness (QED) is 0.379. The van der Waals surface area contributed by atoms with E-state index in [0.717, 1.165) is 44.5 Å². The van der Waals surface area contributed by atoms with E-state index in [2.05, 4.69) is 9.85 Å². The van der Waals surface area contributed by atoms with Gasteiger partial charge in [0.25, 0.3) is 6.04 Å². The van der Waals surface area contributed by atoms with Crippen molar-refractivity contribution in [3.05, 3.63) is 10.4 Å². The van der Waals surface area contributed by atoms with E-state index in [1.54, 1.807) is 0 Å². The van der Waals surface area contributed by atoms with Crippen molar-refractivity contribution in [1.82, 2.24) is 0 Å². The molecule has 0 aromatic heterocycles. The van der Waals surface area contributed by atoms with Crippen molar-refractivity contribution in [2.75, 3.05) is 26.3 Å². The Morgan fingerprint density at radius 3 is 2.75 bits per heavy atom. The highest BCUT2D eigenvalue weighted by Crippen LogP contribution is 2.19. The summed E-state index contributed by atoms with van der Waals surface area (Å²) in [5.74, 6) is 0. The number of rotatable bonds is 1. The van der Waals surface area contributed by atoms with Crippen LogP contribution in [-0.2, 0) is 4.74 Å². The van der Waals surface area contributed by atoms with Crippen LogP contribution < -0.4 is 0 Å². The Kier molecular flexibility index (Phi) is 3.71. The Morgan fingerprint density at radius 1 is 1.31 bits per heavy atom. The molecule has 6 nitrogen and oxygen atoms in total. The summed E-state index contributed by atoms with van der Waals surface area (Å²) in [6, 6.07) is -0.343. The van der Waals surface area contributed by atoms with Gasteiger partial charge >= 0.3 is 0 Å². The van der Waals surface area contributed by atoms with E-state index in [9.17, 15) is 10.4 Å². The lowest BCUT2D eigenvalue weighted by atomic mass is 9.93. The highest BCUT2D eigenvalue weighted by atomic mass is 16.6. The Balaban J connectivity index is 2.20. The molecule has 1 aliphatic carbocycles. The van der Waals surface area contributed by atoms with Gasteiger partial charge < -0.3 is 15.2 Å². The zero-order valence-corrected chi connectivity index (χ0v) is 9.30. The molecule has 0 N–H and O–H groups in total. The molecule has 0 spiro atoms. The summed E-state index contributed by atoms with van der Waals surface area (Å²) in [4.78, 5) is 0.323. The third-order valence-electron chi connectivity index (χ3n) is 3.31. The Bertz CT molecular complexity index is 306. The highest BCUT2D eigenvalue weighted by molar-refractivity contribution is 5.84. The molecule has 0 aromatic carbocycles. The van der Waals surface area contributed by atoms with Crippen molar-refractivity contribution in [2.45, 2.75) is 31.7 Å². The molecule has 2 fully saturated rings. The lowest BCUT2D eigenvalue weighted by molar-refractivity contribution is -0.587. The maximum atomic E-state index is 11.4. The van der Waals surface area contributed by atoms with E-state index in [1.807, 2.05) is 0 Å². The molecule has 1 aliphatic heterocycles. The average molecular weight is 227 g/mol. The highest BCUT2D eigenvalue weighted by Gasteiger charge is 2.35. The number of nitrogens with zero attached hydrogens (tertiary/aromatic N) is 3. The second-order valence-electron chi connectivity index (χ2n) is 4.24. The van der Waals surface area contributed by atoms with Crippen LogP contribution in [0.4, 0.5) is 0 Å². The van der Waals surface area contributed by atoms with Crippen LogP contribution in [0, 0.1) is 10.4 Å². The number of hydrogen-bond acceptors (Lipinski definition) is 4. The van der Waals surface area contributed by atoms with Crippen LogP contribution in [0.15, 0.2) is 5.28 Å². The van der Waals surface area contributed by atoms with Crippen LogP contribution in [0.3, 0.4) is 0 Å². The van der Waals surface area contributed by atoms with E-state index < -0.39 is 0 Å². The molecule has 0 bridgehead atoms. The standard InChI is InChI=1S/C10H17N3O3/c14-11-13(15)10-4-2-1-3-9(10)12-5-7-16-8-6-12/h10H,1-8H2/b13-11+. The molecule has 2 rings (SSSR count). The minimum Gasteiger partial charge on any atom is -0.739 e. The molecule has 1 heterocycles. The maximum absolute atomic E-state index is 11.4. The molecular weight excluding hydrogens is 210 g/mol. The molecule has 6 heteroatoms. The third-order valence-corrected chi connectivity index (χ3v) is 3.31. The summed E-state index contributed by atoms with van der Waals surface area (Å²) < 4.78 is 7.46. The second kappa shape index (κ2) is 5.25. The van der Waals surface area contributed by atoms with Crippen molar-refractivity contribution >= 4 is 5.71 Å². The Labute approximate surface area is 94.4 Å². The maximum Gasteiger partial charge on any atom is 0.267 e. The summed E-state index contributed by atoms with van der Waals surface area (Å²) in [6.45, 7) is 3.03. The number of ether oxygens (including phenoxy) is 1. The zero-order valence-electron chi connectivity index (χ0n) is 9.30. The first-order valence-electron chi connectivity index (χ1n) is 5.81. The normalized spacial score (nSPS) is 28.2. The van der Waals surface area contributed by atoms with E-state index >= 15 is 0 Å². The van der Waals surface area contributed by atoms with E-state index in [-0.39, 0.29) is 6.04 Å². The fourth-order valence-corrected chi connectivity index (χ4v) is 2.49. The van der Waals surface area contributed by atoms with Crippen molar-refractivity contribution < 1.29 is 14.2 Å². The first-order valence-corrected chi connectivity index (χ1v) is 5.81. The second-order valence-corrected chi connectivity index (χ2v) is 4.24. The van der Waals surface area contributed by atoms with Crippen LogP contribution in [-0.4, -0.2) is 47.5 Å². The van der Waals surface area contributed by atoms with Crippen LogP contribution in [0.5, 0.6) is 0 Å². The summed E-state index contributed by atoms with van der Waals surface area (Å²) in [5, 5.41) is 24.2. The molecule has 2 aliphatic rings. The molecular formula is C10H17N3O3. The minimum absolute atomic E-state index is 0.323. The SMILES string of the molecule is [O-]/N=[N+](/[O-])C1CCCCC1=[N+]1CCOCC1. The van der Waals surface area contributed by atoms with Gasteiger partial charge in [-0.25, -0.2) is 4.58 Å². The molecule has 1 atom stereocenters. The van der Waals surface area contributed by atoms with Gasteiger partial charge in [0, 0.05) is 12.8 Å². The minimum atomic E-state index is -0.343. The van der Waals surface area contributed by atoms with Gasteiger partial charge in [0.15, 0.2) is 13.1 Å². The predicted molar refractivity (Wildman–Crippen MR) is 57.5 cm³/mol. The van der Waals surface area contributed by atoms with Crippen molar-refractivity contribution in [2.24, 2.45) is 5.28 Å². The van der Waals surface area contributed by atoms with Gasteiger partial charge in [-0.15, -0.1) is 0 Å². The van der Waals surface area contributed by atoms with Gasteiger partial charge in [0.05, 0.1) is 0 Å². The van der Waals surface area contributed by atoms with Gasteiger partial charge in [-0.1, -0.05) is 4.86 Å². The molecule has 16 heavy (non-hydrogen) atoms. The molecule has 90 valence electrons. The molecule has 0 aromatic rings. The van der Waals surface area contributed by atoms with Crippen molar-refractivity contribution in [3.8, 4) is 0 Å². The van der Waals surface area contributed by atoms with Crippen LogP contribution in [0.25, 0.3) is 0 Å². The van der Waals surface area contributed by atoms with Crippen LogP contribution in [0.2, 0.25) is 0 Å². The largest absolute Gasteiger partial charge is 0.739 e. The first kappa shape index (κ1) is 11.3. The van der Waals surface area contributed by atoms with Gasteiger partial charge in [-0.2, -0.15) is 0 Å². The molecule has 0 radical (unpaired) electrons. The monoisotopic (exact) mass is 227 g/mol. The summed E-state index contributed by atoms with van der Waals surface area (Å²) in [6.07, 6.45) is 3.73. The number of morpholine rings is 1. The summed E-state index contributed by atoms with van der Waals surface area (Å²) in [7, 11) is 0. The molecule has 1 saturated heterocycles. The van der Waals surface area contributed by atoms with Gasteiger partial charge in [0.2, 0.25) is 5.71 Å².